The van der Waals surface area contributed by atoms with Gasteiger partial charge in [-0.15, -0.1) is 0 Å². The van der Waals surface area contributed by atoms with Crippen LogP contribution in [0.15, 0.2) is 35.1 Å². The molecule has 2 aliphatic rings. The second-order valence-corrected chi connectivity index (χ2v) is 6.76. The zero-order chi connectivity index (χ0) is 19.9. The van der Waals surface area contributed by atoms with Crippen molar-refractivity contribution in [1.29, 1.82) is 0 Å². The number of alkyl carbamates (subject to hydrolysis) is 1. The van der Waals surface area contributed by atoms with Crippen LogP contribution in [0.2, 0.25) is 0 Å². The Morgan fingerprint density at radius 3 is 2.93 bits per heavy atom. The van der Waals surface area contributed by atoms with Gasteiger partial charge in [0.25, 0.3) is 5.91 Å². The number of piperidine rings is 1. The van der Waals surface area contributed by atoms with Gasteiger partial charge in [0.05, 0.1) is 18.2 Å². The molecule has 0 bridgehead atoms. The van der Waals surface area contributed by atoms with Gasteiger partial charge in [0.2, 0.25) is 0 Å². The Labute approximate surface area is 157 Å². The molecule has 2 saturated heterocycles. The van der Waals surface area contributed by atoms with Crippen LogP contribution in [-0.4, -0.2) is 47.6 Å². The van der Waals surface area contributed by atoms with Crippen molar-refractivity contribution in [3.63, 3.8) is 0 Å². The normalized spacial score (nSPS) is 22.2. The van der Waals surface area contributed by atoms with Crippen LogP contribution in [0.1, 0.15) is 22.5 Å². The lowest BCUT2D eigenvalue weighted by atomic mass is 9.91. The molecule has 0 saturated carbocycles. The number of alkyl halides is 3. The van der Waals surface area contributed by atoms with Crippen LogP contribution in [0, 0.1) is 5.92 Å². The molecule has 1 aromatic heterocycles. The number of cyclic esters (lactones) is 1. The maximum Gasteiger partial charge on any atom is 0.416 e. The van der Waals surface area contributed by atoms with Gasteiger partial charge in [0, 0.05) is 24.6 Å². The highest BCUT2D eigenvalue weighted by Gasteiger charge is 2.38. The minimum atomic E-state index is -4.51. The summed E-state index contributed by atoms with van der Waals surface area (Å²) in [7, 11) is 0. The Balaban J connectivity index is 1.57. The van der Waals surface area contributed by atoms with Crippen molar-refractivity contribution in [2.45, 2.75) is 18.6 Å². The van der Waals surface area contributed by atoms with Gasteiger partial charge < -0.3 is 19.4 Å². The Morgan fingerprint density at radius 1 is 1.32 bits per heavy atom. The minimum absolute atomic E-state index is 0.0192. The molecule has 2 aliphatic heterocycles. The quantitative estimate of drug-likeness (QED) is 0.845. The van der Waals surface area contributed by atoms with Crippen LogP contribution in [-0.2, 0) is 10.9 Å². The molecule has 7 nitrogen and oxygen atoms in total. The molecule has 2 fully saturated rings. The summed E-state index contributed by atoms with van der Waals surface area (Å²) in [5.74, 6) is -0.364. The molecule has 0 radical (unpaired) electrons. The summed E-state index contributed by atoms with van der Waals surface area (Å²) in [6.07, 6.45) is -3.37. The summed E-state index contributed by atoms with van der Waals surface area (Å²) in [5.41, 5.74) is -0.786. The Bertz CT molecular complexity index is 911. The van der Waals surface area contributed by atoms with Gasteiger partial charge in [0.1, 0.15) is 0 Å². The van der Waals surface area contributed by atoms with E-state index < -0.39 is 23.7 Å². The zero-order valence-corrected chi connectivity index (χ0v) is 14.5. The third-order valence-electron chi connectivity index (χ3n) is 5.00. The summed E-state index contributed by atoms with van der Waals surface area (Å²) in [5, 5.41) is 2.69. The van der Waals surface area contributed by atoms with E-state index in [0.717, 1.165) is 18.5 Å². The number of aromatic nitrogens is 1. The number of hydrogen-bond acceptors (Lipinski definition) is 5. The van der Waals surface area contributed by atoms with E-state index >= 15 is 0 Å². The van der Waals surface area contributed by atoms with E-state index in [0.29, 0.717) is 19.6 Å². The predicted octanol–water partition coefficient (Wildman–Crippen LogP) is 2.93. The largest absolute Gasteiger partial charge is 0.449 e. The highest BCUT2D eigenvalue weighted by Crippen LogP contribution is 2.33. The molecule has 1 N–H and O–H groups in total. The van der Waals surface area contributed by atoms with Crippen LogP contribution >= 0.6 is 0 Å². The average Bonchev–Trinajstić information content (AvgIpc) is 3.16. The molecule has 2 atom stereocenters. The first-order valence-corrected chi connectivity index (χ1v) is 8.66. The van der Waals surface area contributed by atoms with Crippen molar-refractivity contribution in [3.05, 3.63) is 41.9 Å². The molecule has 28 heavy (non-hydrogen) atoms. The number of carbonyl (C=O) groups is 2. The smallest absolute Gasteiger partial charge is 0.416 e. The van der Waals surface area contributed by atoms with Gasteiger partial charge >= 0.3 is 12.3 Å². The fourth-order valence-corrected chi connectivity index (χ4v) is 3.51. The highest BCUT2D eigenvalue weighted by molar-refractivity contribution is 5.97. The van der Waals surface area contributed by atoms with E-state index in [1.807, 2.05) is 0 Å². The SMILES string of the molecule is O=C1N[C@H]2CN(C(=O)c3ncoc3-c3cccc(C(F)(F)F)c3)CC[C@@H]2CO1. The lowest BCUT2D eigenvalue weighted by Gasteiger charge is -2.40. The Kier molecular flexibility index (Phi) is 4.48. The van der Waals surface area contributed by atoms with E-state index in [1.54, 1.807) is 0 Å². The number of ether oxygens (including phenoxy) is 1. The molecule has 148 valence electrons. The van der Waals surface area contributed by atoms with Crippen molar-refractivity contribution in [1.82, 2.24) is 15.2 Å². The predicted molar refractivity (Wildman–Crippen MR) is 89.2 cm³/mol. The highest BCUT2D eigenvalue weighted by atomic mass is 19.4. The van der Waals surface area contributed by atoms with E-state index in [1.165, 1.54) is 17.0 Å². The second-order valence-electron chi connectivity index (χ2n) is 6.76. The number of hydrogen-bond donors (Lipinski definition) is 1. The van der Waals surface area contributed by atoms with E-state index in [2.05, 4.69) is 10.3 Å². The number of halogens is 3. The Hall–Kier alpha value is -3.04. The Morgan fingerprint density at radius 2 is 2.14 bits per heavy atom. The summed E-state index contributed by atoms with van der Waals surface area (Å²) < 4.78 is 49.1. The number of benzene rings is 1. The first-order valence-electron chi connectivity index (χ1n) is 8.66. The first kappa shape index (κ1) is 18.3. The molecular formula is C18H16F3N3O4. The fourth-order valence-electron chi connectivity index (χ4n) is 3.51. The number of likely N-dealkylation sites (tertiary alicyclic amines) is 1. The third kappa shape index (κ3) is 3.41. The van der Waals surface area contributed by atoms with Gasteiger partial charge in [-0.3, -0.25) is 4.79 Å². The van der Waals surface area contributed by atoms with Crippen molar-refractivity contribution < 1.29 is 31.9 Å². The molecule has 10 heteroatoms. The molecule has 4 rings (SSSR count). The minimum Gasteiger partial charge on any atom is -0.449 e. The number of rotatable bonds is 2. The van der Waals surface area contributed by atoms with Crippen LogP contribution in [0.25, 0.3) is 11.3 Å². The first-order chi connectivity index (χ1) is 13.3. The molecule has 3 heterocycles. The molecule has 0 unspecified atom stereocenters. The van der Waals surface area contributed by atoms with Crippen molar-refractivity contribution in [2.75, 3.05) is 19.7 Å². The number of nitrogens with zero attached hydrogens (tertiary/aromatic N) is 2. The van der Waals surface area contributed by atoms with Crippen LogP contribution in [0.4, 0.5) is 18.0 Å². The number of amides is 2. The van der Waals surface area contributed by atoms with E-state index in [9.17, 15) is 22.8 Å². The topological polar surface area (TPSA) is 84.7 Å². The van der Waals surface area contributed by atoms with Gasteiger partial charge in [-0.2, -0.15) is 13.2 Å². The number of carbonyl (C=O) groups excluding carboxylic acids is 2. The zero-order valence-electron chi connectivity index (χ0n) is 14.5. The number of fused-ring (bicyclic) bond motifs is 1. The van der Waals surface area contributed by atoms with Crippen molar-refractivity contribution in [3.8, 4) is 11.3 Å². The number of nitrogens with one attached hydrogen (secondary N) is 1. The van der Waals surface area contributed by atoms with Crippen molar-refractivity contribution in [2.24, 2.45) is 5.92 Å². The van der Waals surface area contributed by atoms with E-state index in [4.69, 9.17) is 9.15 Å². The monoisotopic (exact) mass is 395 g/mol. The maximum absolute atomic E-state index is 13.0. The lowest BCUT2D eigenvalue weighted by Crippen LogP contribution is -2.58. The van der Waals surface area contributed by atoms with E-state index in [-0.39, 0.29) is 35.5 Å². The van der Waals surface area contributed by atoms with Crippen LogP contribution < -0.4 is 5.32 Å². The summed E-state index contributed by atoms with van der Waals surface area (Å²) in [6, 6.07) is 4.31. The van der Waals surface area contributed by atoms with Gasteiger partial charge in [0.15, 0.2) is 17.8 Å². The molecule has 1 aromatic carbocycles. The number of oxazole rings is 1. The maximum atomic E-state index is 13.0. The molecule has 2 amide bonds. The third-order valence-corrected chi connectivity index (χ3v) is 5.00. The second kappa shape index (κ2) is 6.84. The summed E-state index contributed by atoms with van der Waals surface area (Å²) in [6.45, 7) is 1.000. The molecule has 0 spiro atoms. The molecular weight excluding hydrogens is 379 g/mol. The van der Waals surface area contributed by atoms with Gasteiger partial charge in [-0.1, -0.05) is 12.1 Å². The fraction of sp³-hybridized carbons (Fsp3) is 0.389. The molecule has 0 aliphatic carbocycles. The standard InChI is InChI=1S/C18H16F3N3O4/c19-18(20,21)12-3-1-2-10(6-12)15-14(22-9-28-15)16(25)24-5-4-11-8-27-17(26)23-13(11)7-24/h1-3,6,9,11,13H,4-5,7-8H2,(H,23,26)/t11-,13+/m1/s1. The summed E-state index contributed by atoms with van der Waals surface area (Å²) in [4.78, 5) is 29.8. The average molecular weight is 395 g/mol. The van der Waals surface area contributed by atoms with Crippen molar-refractivity contribution >= 4 is 12.0 Å². The van der Waals surface area contributed by atoms with Crippen LogP contribution in [0.3, 0.4) is 0 Å². The van der Waals surface area contributed by atoms with Gasteiger partial charge in [-0.25, -0.2) is 9.78 Å². The lowest BCUT2D eigenvalue weighted by molar-refractivity contribution is -0.137. The van der Waals surface area contributed by atoms with Crippen LogP contribution in [0.5, 0.6) is 0 Å². The molecule has 2 aromatic rings. The van der Waals surface area contributed by atoms with Gasteiger partial charge in [-0.05, 0) is 18.6 Å². The summed E-state index contributed by atoms with van der Waals surface area (Å²) >= 11 is 0.